The molecule has 3 N–H and O–H groups in total. The monoisotopic (exact) mass is 583 g/mol. The first kappa shape index (κ1) is 31.9. The molecule has 0 bridgehead atoms. The van der Waals surface area contributed by atoms with Crippen LogP contribution in [0.15, 0.2) is 84.9 Å². The Hall–Kier alpha value is -4.01. The third-order valence-electron chi connectivity index (χ3n) is 8.01. The first-order valence-corrected chi connectivity index (χ1v) is 15.1. The Bertz CT molecular complexity index is 1430. The molecule has 0 aromatic heterocycles. The molecule has 3 aromatic carbocycles. The molecule has 43 heavy (non-hydrogen) atoms. The average molecular weight is 584 g/mol. The molecule has 1 fully saturated rings. The maximum atomic E-state index is 14.4. The molecule has 8 nitrogen and oxygen atoms in total. The van der Waals surface area contributed by atoms with Crippen LogP contribution in [0.2, 0.25) is 0 Å². The molecule has 1 unspecified atom stereocenters. The van der Waals surface area contributed by atoms with Gasteiger partial charge in [0, 0.05) is 45.6 Å². The third-order valence-corrected chi connectivity index (χ3v) is 8.01. The van der Waals surface area contributed by atoms with Gasteiger partial charge in [0.1, 0.15) is 12.1 Å². The van der Waals surface area contributed by atoms with Crippen LogP contribution in [0.3, 0.4) is 0 Å². The number of benzene rings is 3. The van der Waals surface area contributed by atoms with Crippen molar-refractivity contribution in [2.75, 3.05) is 27.2 Å². The Morgan fingerprint density at radius 3 is 2.16 bits per heavy atom. The normalized spacial score (nSPS) is 15.4. The van der Waals surface area contributed by atoms with Gasteiger partial charge in [-0.15, -0.1) is 0 Å². The molecule has 3 aromatic rings. The summed E-state index contributed by atoms with van der Waals surface area (Å²) in [7, 11) is 3.31. The molecule has 1 heterocycles. The first-order chi connectivity index (χ1) is 20.5. The molecule has 3 amide bonds. The van der Waals surface area contributed by atoms with E-state index in [1.165, 1.54) is 15.9 Å². The van der Waals surface area contributed by atoms with Crippen molar-refractivity contribution in [2.24, 2.45) is 5.73 Å². The fraction of sp³-hybridized carbons (Fsp3) is 0.400. The number of nitrogens with one attached hydrogen (secondary N) is 1. The third kappa shape index (κ3) is 8.99. The van der Waals surface area contributed by atoms with Gasteiger partial charge in [-0.3, -0.25) is 19.8 Å². The van der Waals surface area contributed by atoms with Crippen molar-refractivity contribution in [3.63, 3.8) is 0 Å². The predicted molar refractivity (Wildman–Crippen MR) is 172 cm³/mol. The Morgan fingerprint density at radius 1 is 0.860 bits per heavy atom. The molecule has 1 aliphatic rings. The zero-order valence-corrected chi connectivity index (χ0v) is 25.8. The van der Waals surface area contributed by atoms with Gasteiger partial charge in [-0.1, -0.05) is 78.9 Å². The highest BCUT2D eigenvalue weighted by atomic mass is 16.2. The zero-order chi connectivity index (χ0) is 31.0. The summed E-state index contributed by atoms with van der Waals surface area (Å²) in [5, 5.41) is 4.08. The molecular formula is C35H45N5O3. The summed E-state index contributed by atoms with van der Waals surface area (Å²) in [6.45, 7) is 5.36. The van der Waals surface area contributed by atoms with Crippen molar-refractivity contribution < 1.29 is 14.4 Å². The summed E-state index contributed by atoms with van der Waals surface area (Å²) >= 11 is 0. The minimum absolute atomic E-state index is 0.231. The van der Waals surface area contributed by atoms with Crippen LogP contribution in [-0.4, -0.2) is 77.3 Å². The summed E-state index contributed by atoms with van der Waals surface area (Å²) in [6.07, 6.45) is 6.46. The Labute approximate surface area is 255 Å². The van der Waals surface area contributed by atoms with E-state index in [0.29, 0.717) is 19.3 Å². The van der Waals surface area contributed by atoms with Gasteiger partial charge >= 0.3 is 0 Å². The minimum Gasteiger partial charge on any atom is -0.332 e. The van der Waals surface area contributed by atoms with Crippen molar-refractivity contribution >= 4 is 28.5 Å². The molecule has 1 saturated heterocycles. The van der Waals surface area contributed by atoms with E-state index in [1.807, 2.05) is 85.6 Å². The van der Waals surface area contributed by atoms with Crippen LogP contribution in [-0.2, 0) is 27.2 Å². The van der Waals surface area contributed by atoms with Crippen molar-refractivity contribution in [1.29, 1.82) is 0 Å². The van der Waals surface area contributed by atoms with Gasteiger partial charge < -0.3 is 15.5 Å². The predicted octanol–water partition coefficient (Wildman–Crippen LogP) is 4.09. The smallest absolute Gasteiger partial charge is 0.257 e. The maximum Gasteiger partial charge on any atom is 0.257 e. The summed E-state index contributed by atoms with van der Waals surface area (Å²) in [5.41, 5.74) is 10.6. The summed E-state index contributed by atoms with van der Waals surface area (Å²) in [4.78, 5) is 44.4. The van der Waals surface area contributed by atoms with Gasteiger partial charge in [-0.2, -0.15) is 0 Å². The summed E-state index contributed by atoms with van der Waals surface area (Å²) < 4.78 is 0. The second-order valence-corrected chi connectivity index (χ2v) is 12.3. The standard InChI is InChI=1S/C35H45N5O3/c1-35(2,36)20-12-17-32(41)38(3)31(25-27-18-19-28-15-8-9-16-29(28)23-27)34(43)39(4)30(24-26-13-6-5-7-14-26)33(42)37-40-21-10-11-22-40/h5-9,12-19,23,30-31H,10-11,20-22,24-25,36H2,1-4H3,(H,37,42)/b17-12+/t30?,31-/m1/s1. The number of amides is 3. The van der Waals surface area contributed by atoms with Crippen molar-refractivity contribution in [3.8, 4) is 0 Å². The van der Waals surface area contributed by atoms with Gasteiger partial charge in [0.15, 0.2) is 0 Å². The number of carbonyl (C=O) groups is 3. The molecule has 0 spiro atoms. The SMILES string of the molecule is CN(C(=O)[C@@H](Cc1ccc2ccccc2c1)N(C)C(=O)/C=C/CC(C)(C)N)C(Cc1ccccc1)C(=O)NN1CCCC1. The second-order valence-electron chi connectivity index (χ2n) is 12.3. The van der Waals surface area contributed by atoms with Crippen LogP contribution in [0.1, 0.15) is 44.2 Å². The summed E-state index contributed by atoms with van der Waals surface area (Å²) in [6, 6.07) is 22.2. The Kier molecular flexibility index (Phi) is 10.7. The van der Waals surface area contributed by atoms with Crippen LogP contribution < -0.4 is 11.2 Å². The van der Waals surface area contributed by atoms with Crippen molar-refractivity contribution in [2.45, 2.75) is 63.6 Å². The molecule has 0 aliphatic carbocycles. The number of rotatable bonds is 12. The van der Waals surface area contributed by atoms with E-state index in [1.54, 1.807) is 20.2 Å². The van der Waals surface area contributed by atoms with Crippen LogP contribution in [0.5, 0.6) is 0 Å². The second kappa shape index (κ2) is 14.4. The average Bonchev–Trinajstić information content (AvgIpc) is 3.50. The molecule has 0 saturated carbocycles. The van der Waals surface area contributed by atoms with Gasteiger partial charge in [0.25, 0.3) is 5.91 Å². The number of nitrogens with two attached hydrogens (primary N) is 1. The first-order valence-electron chi connectivity index (χ1n) is 15.1. The van der Waals surface area contributed by atoms with Crippen LogP contribution in [0, 0.1) is 0 Å². The van der Waals surface area contributed by atoms with E-state index in [0.717, 1.165) is 47.8 Å². The molecule has 228 valence electrons. The maximum absolute atomic E-state index is 14.4. The quantitative estimate of drug-likeness (QED) is 0.313. The van der Waals surface area contributed by atoms with Gasteiger partial charge in [0.2, 0.25) is 11.8 Å². The van der Waals surface area contributed by atoms with Gasteiger partial charge in [0.05, 0.1) is 0 Å². The van der Waals surface area contributed by atoms with Crippen LogP contribution >= 0.6 is 0 Å². The van der Waals surface area contributed by atoms with Crippen molar-refractivity contribution in [1.82, 2.24) is 20.2 Å². The summed E-state index contributed by atoms with van der Waals surface area (Å²) in [5.74, 6) is -0.822. The minimum atomic E-state index is -0.827. The number of hydrogen-bond acceptors (Lipinski definition) is 5. The largest absolute Gasteiger partial charge is 0.332 e. The molecule has 2 atom stereocenters. The van der Waals surface area contributed by atoms with Crippen LogP contribution in [0.25, 0.3) is 10.8 Å². The molecule has 0 radical (unpaired) electrons. The molecule has 1 aliphatic heterocycles. The fourth-order valence-electron chi connectivity index (χ4n) is 5.40. The van der Waals surface area contributed by atoms with Crippen LogP contribution in [0.4, 0.5) is 0 Å². The number of carbonyl (C=O) groups excluding carboxylic acids is 3. The van der Waals surface area contributed by atoms with E-state index in [2.05, 4.69) is 11.5 Å². The number of fused-ring (bicyclic) bond motifs is 1. The van der Waals surface area contributed by atoms with Crippen molar-refractivity contribution in [3.05, 3.63) is 96.1 Å². The lowest BCUT2D eigenvalue weighted by atomic mass is 9.98. The van der Waals surface area contributed by atoms with E-state index in [9.17, 15) is 14.4 Å². The number of likely N-dealkylation sites (N-methyl/N-ethyl adjacent to an activating group) is 2. The fourth-order valence-corrected chi connectivity index (χ4v) is 5.40. The topological polar surface area (TPSA) is 99.0 Å². The Morgan fingerprint density at radius 2 is 1.49 bits per heavy atom. The molecular weight excluding hydrogens is 538 g/mol. The van der Waals surface area contributed by atoms with Gasteiger partial charge in [-0.05, 0) is 61.1 Å². The van der Waals surface area contributed by atoms with E-state index in [4.69, 9.17) is 5.73 Å². The highest BCUT2D eigenvalue weighted by Crippen LogP contribution is 2.20. The van der Waals surface area contributed by atoms with E-state index >= 15 is 0 Å². The van der Waals surface area contributed by atoms with E-state index in [-0.39, 0.29) is 17.7 Å². The number of hydrazine groups is 1. The van der Waals surface area contributed by atoms with Gasteiger partial charge in [-0.25, -0.2) is 5.01 Å². The number of nitrogens with zero attached hydrogens (tertiary/aromatic N) is 3. The lowest BCUT2D eigenvalue weighted by molar-refractivity contribution is -0.147. The zero-order valence-electron chi connectivity index (χ0n) is 25.8. The highest BCUT2D eigenvalue weighted by Gasteiger charge is 2.35. The lowest BCUT2D eigenvalue weighted by Crippen LogP contribution is -2.57. The highest BCUT2D eigenvalue weighted by molar-refractivity contribution is 5.95. The Balaban J connectivity index is 1.63. The lowest BCUT2D eigenvalue weighted by Gasteiger charge is -2.35. The molecule has 8 heteroatoms. The van der Waals surface area contributed by atoms with E-state index < -0.39 is 17.6 Å². The molecule has 4 rings (SSSR count). The number of hydrogen-bond donors (Lipinski definition) is 2.